The van der Waals surface area contributed by atoms with Crippen molar-refractivity contribution in [3.05, 3.63) is 22.4 Å². The third kappa shape index (κ3) is 1.35. The fraction of sp³-hybridized carbons (Fsp3) is 0.143. The van der Waals surface area contributed by atoms with Crippen LogP contribution in [0.4, 0.5) is 5.69 Å². The minimum absolute atomic E-state index is 0.142. The van der Waals surface area contributed by atoms with E-state index in [0.29, 0.717) is 0 Å². The highest BCUT2D eigenvalue weighted by Crippen LogP contribution is 2.49. The molecule has 6 heteroatoms. The number of fused-ring (bicyclic) bond motifs is 1. The summed E-state index contributed by atoms with van der Waals surface area (Å²) >= 11 is 9.88. The molecule has 0 spiro atoms. The quantitative estimate of drug-likeness (QED) is 0.713. The Bertz CT molecular complexity index is 391. The monoisotopic (exact) mass is 368 g/mol. The maximum absolute atomic E-state index is 11.5. The molecule has 1 aromatic heterocycles. The van der Waals surface area contributed by atoms with Gasteiger partial charge in [0.05, 0.1) is 10.2 Å². The highest BCUT2D eigenvalue weighted by atomic mass is 79.9. The Morgan fingerprint density at radius 1 is 1.38 bits per heavy atom. The Morgan fingerprint density at radius 2 is 2.08 bits per heavy atom. The minimum Gasteiger partial charge on any atom is -0.322 e. The maximum Gasteiger partial charge on any atom is 0.256 e. The van der Waals surface area contributed by atoms with Crippen molar-refractivity contribution in [2.24, 2.45) is 0 Å². The summed E-state index contributed by atoms with van der Waals surface area (Å²) in [5, 5.41) is 2.74. The maximum atomic E-state index is 11.5. The van der Waals surface area contributed by atoms with E-state index in [-0.39, 0.29) is 5.91 Å². The van der Waals surface area contributed by atoms with Crippen LogP contribution in [-0.4, -0.2) is 10.9 Å². The number of amides is 1. The second kappa shape index (κ2) is 3.03. The summed E-state index contributed by atoms with van der Waals surface area (Å²) in [6, 6.07) is 0. The molecule has 0 aliphatic carbocycles. The van der Waals surface area contributed by atoms with E-state index in [2.05, 4.69) is 58.1 Å². The number of nitrogens with one attached hydrogen (secondary N) is 1. The molecule has 0 fully saturated rings. The Hall–Kier alpha value is 0.0600. The number of hydrogen-bond donors (Lipinski definition) is 1. The molecule has 1 aliphatic heterocycles. The van der Waals surface area contributed by atoms with Crippen molar-refractivity contribution in [2.75, 3.05) is 5.32 Å². The molecule has 0 unspecified atom stereocenters. The van der Waals surface area contributed by atoms with E-state index < -0.39 is 3.23 Å². The summed E-state index contributed by atoms with van der Waals surface area (Å²) in [4.78, 5) is 15.4. The van der Waals surface area contributed by atoms with E-state index in [1.807, 2.05) is 0 Å². The van der Waals surface area contributed by atoms with Gasteiger partial charge in [0.2, 0.25) is 0 Å². The highest BCUT2D eigenvalue weighted by Gasteiger charge is 2.43. The second-order valence-corrected chi connectivity index (χ2v) is 6.87. The number of nitrogens with zero attached hydrogens (tertiary/aromatic N) is 1. The number of rotatable bonds is 0. The second-order valence-electron chi connectivity index (χ2n) is 2.57. The van der Waals surface area contributed by atoms with E-state index in [4.69, 9.17) is 0 Å². The molecule has 0 saturated carbocycles. The van der Waals surface area contributed by atoms with E-state index in [0.717, 1.165) is 15.7 Å². The van der Waals surface area contributed by atoms with E-state index in [9.17, 15) is 4.79 Å². The van der Waals surface area contributed by atoms with Crippen molar-refractivity contribution < 1.29 is 4.79 Å². The number of halogens is 3. The van der Waals surface area contributed by atoms with Crippen molar-refractivity contribution in [2.45, 2.75) is 3.23 Å². The number of hydrogen-bond acceptors (Lipinski definition) is 2. The number of carbonyl (C=O) groups excluding carboxylic acids is 1. The van der Waals surface area contributed by atoms with Gasteiger partial charge in [0.15, 0.2) is 3.23 Å². The topological polar surface area (TPSA) is 42.0 Å². The highest BCUT2D eigenvalue weighted by molar-refractivity contribution is 9.25. The van der Waals surface area contributed by atoms with Gasteiger partial charge >= 0.3 is 0 Å². The summed E-state index contributed by atoms with van der Waals surface area (Å²) in [7, 11) is 0. The van der Waals surface area contributed by atoms with Gasteiger partial charge in [0, 0.05) is 18.0 Å². The van der Waals surface area contributed by atoms with Gasteiger partial charge in [-0.05, 0) is 15.9 Å². The lowest BCUT2D eigenvalue weighted by Crippen LogP contribution is -2.20. The van der Waals surface area contributed by atoms with Crippen molar-refractivity contribution in [3.8, 4) is 0 Å². The van der Waals surface area contributed by atoms with Crippen LogP contribution in [0, 0.1) is 0 Å². The van der Waals surface area contributed by atoms with Gasteiger partial charge in [-0.25, -0.2) is 0 Å². The summed E-state index contributed by atoms with van der Waals surface area (Å²) in [5.41, 5.74) is 1.54. The van der Waals surface area contributed by atoms with Crippen molar-refractivity contribution in [1.82, 2.24) is 4.98 Å². The minimum atomic E-state index is -0.841. The lowest BCUT2D eigenvalue weighted by atomic mass is 10.2. The van der Waals surface area contributed by atoms with Crippen LogP contribution in [0.25, 0.3) is 0 Å². The van der Waals surface area contributed by atoms with E-state index in [1.54, 1.807) is 12.4 Å². The zero-order valence-electron chi connectivity index (χ0n) is 6.14. The summed E-state index contributed by atoms with van der Waals surface area (Å²) in [5.74, 6) is -0.142. The van der Waals surface area contributed by atoms with Crippen LogP contribution in [0.2, 0.25) is 0 Å². The van der Waals surface area contributed by atoms with Gasteiger partial charge in [-0.1, -0.05) is 31.9 Å². The number of anilines is 1. The lowest BCUT2D eigenvalue weighted by Gasteiger charge is -2.09. The molecule has 2 rings (SSSR count). The Morgan fingerprint density at radius 3 is 2.69 bits per heavy atom. The van der Waals surface area contributed by atoms with Crippen LogP contribution < -0.4 is 5.32 Å². The first kappa shape index (κ1) is 9.61. The molecule has 68 valence electrons. The van der Waals surface area contributed by atoms with Crippen LogP contribution in [0.5, 0.6) is 0 Å². The molecule has 2 heterocycles. The summed E-state index contributed by atoms with van der Waals surface area (Å²) in [6.07, 6.45) is 3.28. The van der Waals surface area contributed by atoms with Crippen molar-refractivity contribution in [3.63, 3.8) is 0 Å². The Kier molecular flexibility index (Phi) is 2.24. The van der Waals surface area contributed by atoms with Gasteiger partial charge in [0.1, 0.15) is 0 Å². The number of aromatic nitrogens is 1. The van der Waals surface area contributed by atoms with Gasteiger partial charge in [-0.15, -0.1) is 0 Å². The molecule has 0 aromatic carbocycles. The molecule has 1 aromatic rings. The fourth-order valence-corrected chi connectivity index (χ4v) is 2.34. The molecular formula is C7H3Br3N2O. The first-order chi connectivity index (χ1) is 6.03. The van der Waals surface area contributed by atoms with Gasteiger partial charge < -0.3 is 5.32 Å². The van der Waals surface area contributed by atoms with Crippen molar-refractivity contribution in [1.29, 1.82) is 0 Å². The van der Waals surface area contributed by atoms with Crippen LogP contribution in [0.1, 0.15) is 5.56 Å². The zero-order chi connectivity index (χ0) is 9.64. The molecule has 13 heavy (non-hydrogen) atoms. The van der Waals surface area contributed by atoms with E-state index in [1.165, 1.54) is 0 Å². The Balaban J connectivity index is 2.68. The van der Waals surface area contributed by atoms with E-state index >= 15 is 0 Å². The normalized spacial score (nSPS) is 18.2. The molecule has 0 radical (unpaired) electrons. The molecule has 3 nitrogen and oxygen atoms in total. The standard InChI is InChI=1S/C7H3Br3N2O/c8-4-2-11-1-3-5(4)12-6(13)7(3,9)10/h1-2H,(H,12,13). The average Bonchev–Trinajstić information content (AvgIpc) is 2.28. The molecule has 0 bridgehead atoms. The van der Waals surface area contributed by atoms with Crippen LogP contribution >= 0.6 is 47.8 Å². The van der Waals surface area contributed by atoms with Gasteiger partial charge in [0.25, 0.3) is 5.91 Å². The first-order valence-corrected chi connectivity index (χ1v) is 5.74. The predicted molar refractivity (Wildman–Crippen MR) is 60.1 cm³/mol. The summed E-state index contributed by atoms with van der Waals surface area (Å²) in [6.45, 7) is 0. The Labute approximate surface area is 99.7 Å². The number of alkyl halides is 2. The molecule has 1 amide bonds. The molecule has 1 N–H and O–H groups in total. The SMILES string of the molecule is O=C1Nc2c(Br)cncc2C1(Br)Br. The first-order valence-electron chi connectivity index (χ1n) is 3.36. The lowest BCUT2D eigenvalue weighted by molar-refractivity contribution is -0.115. The van der Waals surface area contributed by atoms with Gasteiger partial charge in [-0.3, -0.25) is 9.78 Å². The van der Waals surface area contributed by atoms with Crippen molar-refractivity contribution >= 4 is 59.4 Å². The zero-order valence-corrected chi connectivity index (χ0v) is 10.9. The predicted octanol–water partition coefficient (Wildman–Crippen LogP) is 2.74. The molecule has 0 atom stereocenters. The van der Waals surface area contributed by atoms with Crippen LogP contribution in [-0.2, 0) is 8.03 Å². The molecule has 1 aliphatic rings. The smallest absolute Gasteiger partial charge is 0.256 e. The third-order valence-electron chi connectivity index (χ3n) is 1.76. The number of carbonyl (C=O) groups is 1. The third-order valence-corrected chi connectivity index (χ3v) is 3.94. The van der Waals surface area contributed by atoms with Crippen LogP contribution in [0.15, 0.2) is 16.9 Å². The molecular weight excluding hydrogens is 368 g/mol. The van der Waals surface area contributed by atoms with Crippen LogP contribution in [0.3, 0.4) is 0 Å². The largest absolute Gasteiger partial charge is 0.322 e. The van der Waals surface area contributed by atoms with Gasteiger partial charge in [-0.2, -0.15) is 0 Å². The average molecular weight is 371 g/mol. The number of pyridine rings is 1. The molecule has 0 saturated heterocycles. The summed E-state index contributed by atoms with van der Waals surface area (Å²) < 4.78 is -0.0642. The fourth-order valence-electron chi connectivity index (χ4n) is 1.11.